The van der Waals surface area contributed by atoms with Gasteiger partial charge in [-0.1, -0.05) is 22.6 Å². The van der Waals surface area contributed by atoms with Crippen LogP contribution < -0.4 is 0 Å². The summed E-state index contributed by atoms with van der Waals surface area (Å²) >= 11 is 1.29. The van der Waals surface area contributed by atoms with E-state index in [4.69, 9.17) is 0 Å². The fraction of sp³-hybridized carbons (Fsp3) is 0.500. The summed E-state index contributed by atoms with van der Waals surface area (Å²) in [4.78, 5) is 0. The normalized spacial score (nSPS) is 14.6. The zero-order valence-corrected chi connectivity index (χ0v) is 6.58. The predicted molar refractivity (Wildman–Crippen MR) is 34.2 cm³/mol. The molecule has 0 aromatic carbocycles. The van der Waals surface area contributed by atoms with Crippen molar-refractivity contribution < 1.29 is 22.0 Å². The predicted octanol–water partition coefficient (Wildman–Crippen LogP) is 3.13. The molecule has 6 heteroatoms. The van der Waals surface area contributed by atoms with E-state index < -0.39 is 12.1 Å². The van der Waals surface area contributed by atoms with E-state index in [1.165, 1.54) is 22.6 Å². The number of hydrogen-bond donors (Lipinski definition) is 0. The van der Waals surface area contributed by atoms with E-state index in [1.54, 1.807) is 0 Å². The van der Waals surface area contributed by atoms with E-state index >= 15 is 0 Å². The third-order valence-corrected chi connectivity index (χ3v) is 1.01. The molecule has 0 aliphatic heterocycles. The van der Waals surface area contributed by atoms with Gasteiger partial charge in [0.1, 0.15) is 0 Å². The van der Waals surface area contributed by atoms with Crippen LogP contribution in [0.15, 0.2) is 10.2 Å². The molecule has 10 heavy (non-hydrogen) atoms. The molecule has 0 aromatic heterocycles. The minimum Gasteiger partial charge on any atom is -0.191 e. The quantitative estimate of drug-likeness (QED) is 0.508. The average molecular weight is 272 g/mol. The molecule has 0 atom stereocenters. The Labute approximate surface area is 67.2 Å². The fourth-order valence-corrected chi connectivity index (χ4v) is 0.625. The van der Waals surface area contributed by atoms with Crippen molar-refractivity contribution in [3.05, 3.63) is 10.2 Å². The largest absolute Gasteiger partial charge is 0.457 e. The van der Waals surface area contributed by atoms with Gasteiger partial charge in [-0.25, -0.2) is 0 Å². The summed E-state index contributed by atoms with van der Waals surface area (Å²) in [6, 6.07) is 0. The highest BCUT2D eigenvalue weighted by Gasteiger charge is 2.55. The van der Waals surface area contributed by atoms with Crippen molar-refractivity contribution in [3.63, 3.8) is 0 Å². The van der Waals surface area contributed by atoms with Crippen LogP contribution in [0.25, 0.3) is 0 Å². The van der Waals surface area contributed by atoms with E-state index in [2.05, 4.69) is 0 Å². The molecule has 0 aromatic rings. The summed E-state index contributed by atoms with van der Waals surface area (Å²) in [5.41, 5.74) is 0. The third kappa shape index (κ3) is 2.39. The first-order valence-corrected chi connectivity index (χ1v) is 3.28. The van der Waals surface area contributed by atoms with Crippen molar-refractivity contribution in [2.45, 2.75) is 12.1 Å². The summed E-state index contributed by atoms with van der Waals surface area (Å²) in [5, 5.41) is 0. The van der Waals surface area contributed by atoms with E-state index in [1.807, 2.05) is 0 Å². The Bertz CT molecular complexity index is 135. The molecular formula is C4H2F5I. The molecule has 0 aliphatic carbocycles. The molecule has 0 unspecified atom stereocenters. The number of rotatable bonds is 1. The highest BCUT2D eigenvalue weighted by atomic mass is 127. The smallest absolute Gasteiger partial charge is 0.191 e. The van der Waals surface area contributed by atoms with E-state index in [0.717, 1.165) is 0 Å². The van der Waals surface area contributed by atoms with Crippen LogP contribution in [-0.4, -0.2) is 12.1 Å². The van der Waals surface area contributed by atoms with Gasteiger partial charge >= 0.3 is 12.1 Å². The average Bonchev–Trinajstić information content (AvgIpc) is 1.61. The summed E-state index contributed by atoms with van der Waals surface area (Å²) in [6.45, 7) is 0. The first kappa shape index (κ1) is 10.1. The SMILES string of the molecule is FC(F)(F)C(F)(F)C=CI. The minimum absolute atomic E-state index is 0.201. The second-order valence-electron chi connectivity index (χ2n) is 1.41. The van der Waals surface area contributed by atoms with Crippen LogP contribution in [0.5, 0.6) is 0 Å². The zero-order chi connectivity index (χ0) is 8.41. The van der Waals surface area contributed by atoms with E-state index in [0.29, 0.717) is 4.08 Å². The summed E-state index contributed by atoms with van der Waals surface area (Å²) in [6.07, 6.45) is -5.68. The second-order valence-corrected chi connectivity index (χ2v) is 2.13. The maximum Gasteiger partial charge on any atom is 0.457 e. The molecule has 0 radical (unpaired) electrons. The minimum atomic E-state index is -5.48. The lowest BCUT2D eigenvalue weighted by Crippen LogP contribution is -2.33. The van der Waals surface area contributed by atoms with E-state index in [9.17, 15) is 22.0 Å². The zero-order valence-electron chi connectivity index (χ0n) is 4.42. The molecule has 0 saturated carbocycles. The van der Waals surface area contributed by atoms with Crippen molar-refractivity contribution in [3.8, 4) is 0 Å². The van der Waals surface area contributed by atoms with Crippen LogP contribution in [0.4, 0.5) is 22.0 Å². The Morgan fingerprint density at radius 1 is 1.00 bits per heavy atom. The van der Waals surface area contributed by atoms with Crippen molar-refractivity contribution in [2.75, 3.05) is 0 Å². The number of allylic oxidation sites excluding steroid dienone is 1. The van der Waals surface area contributed by atoms with Crippen molar-refractivity contribution >= 4 is 22.6 Å². The van der Waals surface area contributed by atoms with Gasteiger partial charge in [-0.15, -0.1) is 0 Å². The van der Waals surface area contributed by atoms with Gasteiger partial charge in [-0.2, -0.15) is 22.0 Å². The summed E-state index contributed by atoms with van der Waals surface area (Å²) < 4.78 is 57.7. The van der Waals surface area contributed by atoms with Crippen molar-refractivity contribution in [2.24, 2.45) is 0 Å². The van der Waals surface area contributed by atoms with Gasteiger partial charge in [0.15, 0.2) is 0 Å². The van der Waals surface area contributed by atoms with Gasteiger partial charge in [0.2, 0.25) is 0 Å². The van der Waals surface area contributed by atoms with Crippen LogP contribution in [-0.2, 0) is 0 Å². The standard InChI is InChI=1S/C4H2F5I/c5-3(6,1-2-10)4(7,8)9/h1-2H. The fourth-order valence-electron chi connectivity index (χ4n) is 0.174. The number of hydrogen-bond acceptors (Lipinski definition) is 0. The molecular weight excluding hydrogens is 270 g/mol. The van der Waals surface area contributed by atoms with Crippen LogP contribution in [0, 0.1) is 0 Å². The molecule has 0 aliphatic rings. The molecule has 60 valence electrons. The highest BCUT2D eigenvalue weighted by molar-refractivity contribution is 14.1. The van der Waals surface area contributed by atoms with Gasteiger partial charge in [0.25, 0.3) is 0 Å². The maximum absolute atomic E-state index is 11.7. The Morgan fingerprint density at radius 3 is 1.50 bits per heavy atom. The van der Waals surface area contributed by atoms with Crippen LogP contribution in [0.1, 0.15) is 0 Å². The van der Waals surface area contributed by atoms with Gasteiger partial charge < -0.3 is 0 Å². The Hall–Kier alpha value is 0.120. The van der Waals surface area contributed by atoms with Gasteiger partial charge in [-0.3, -0.25) is 0 Å². The summed E-state index contributed by atoms with van der Waals surface area (Å²) in [5.74, 6) is -4.70. The lowest BCUT2D eigenvalue weighted by molar-refractivity contribution is -0.259. The molecule has 0 heterocycles. The Morgan fingerprint density at radius 2 is 1.40 bits per heavy atom. The molecule has 0 amide bonds. The van der Waals surface area contributed by atoms with Gasteiger partial charge in [0.05, 0.1) is 0 Å². The molecule has 0 spiro atoms. The lowest BCUT2D eigenvalue weighted by atomic mass is 10.3. The molecule has 0 fully saturated rings. The number of halogens is 6. The van der Waals surface area contributed by atoms with E-state index in [-0.39, 0.29) is 6.08 Å². The molecule has 0 bridgehead atoms. The molecule has 0 saturated heterocycles. The molecule has 0 N–H and O–H groups in total. The van der Waals surface area contributed by atoms with Gasteiger partial charge in [0, 0.05) is 0 Å². The maximum atomic E-state index is 11.7. The topological polar surface area (TPSA) is 0 Å². The van der Waals surface area contributed by atoms with Crippen LogP contribution in [0.2, 0.25) is 0 Å². The lowest BCUT2D eigenvalue weighted by Gasteiger charge is -2.14. The Kier molecular flexibility index (Phi) is 3.05. The van der Waals surface area contributed by atoms with Crippen LogP contribution in [0.3, 0.4) is 0 Å². The third-order valence-electron chi connectivity index (χ3n) is 0.650. The monoisotopic (exact) mass is 272 g/mol. The Balaban J connectivity index is 4.40. The van der Waals surface area contributed by atoms with Crippen molar-refractivity contribution in [1.29, 1.82) is 0 Å². The first-order valence-electron chi connectivity index (χ1n) is 2.04. The highest BCUT2D eigenvalue weighted by Crippen LogP contribution is 2.36. The first-order chi connectivity index (χ1) is 4.31. The molecule has 0 rings (SSSR count). The summed E-state index contributed by atoms with van der Waals surface area (Å²) in [7, 11) is 0. The molecule has 0 nitrogen and oxygen atoms in total. The second kappa shape index (κ2) is 3.02. The van der Waals surface area contributed by atoms with Crippen molar-refractivity contribution in [1.82, 2.24) is 0 Å². The number of alkyl halides is 5. The van der Waals surface area contributed by atoms with Crippen LogP contribution >= 0.6 is 22.6 Å². The van der Waals surface area contributed by atoms with Gasteiger partial charge in [-0.05, 0) is 10.2 Å².